The third-order valence-corrected chi connectivity index (χ3v) is 5.76. The molecule has 0 aliphatic carbocycles. The van der Waals surface area contributed by atoms with Crippen LogP contribution in [-0.2, 0) is 9.59 Å². The van der Waals surface area contributed by atoms with Crippen molar-refractivity contribution < 1.29 is 19.8 Å². The van der Waals surface area contributed by atoms with Gasteiger partial charge >= 0.3 is 97.4 Å². The molecule has 76 valence electrons. The van der Waals surface area contributed by atoms with E-state index >= 15 is 0 Å². The Balaban J connectivity index is 3.70. The average Bonchev–Trinajstić information content (AvgIpc) is 1.80. The van der Waals surface area contributed by atoms with E-state index in [1.165, 1.54) is 0 Å². The van der Waals surface area contributed by atoms with Gasteiger partial charge in [0.05, 0.1) is 0 Å². The van der Waals surface area contributed by atoms with Crippen molar-refractivity contribution in [1.82, 2.24) is 0 Å². The van der Waals surface area contributed by atoms with Gasteiger partial charge in [-0.1, -0.05) is 0 Å². The van der Waals surface area contributed by atoms with Crippen molar-refractivity contribution in [2.45, 2.75) is 19.4 Å². The van der Waals surface area contributed by atoms with Crippen LogP contribution in [0.2, 0.25) is 0 Å². The summed E-state index contributed by atoms with van der Waals surface area (Å²) >= 11 is 7.35. The molecule has 0 aromatic carbocycles. The van der Waals surface area contributed by atoms with E-state index < -0.39 is 32.9 Å². The van der Waals surface area contributed by atoms with Crippen LogP contribution in [0.3, 0.4) is 0 Å². The van der Waals surface area contributed by atoms with E-state index in [4.69, 9.17) is 10.2 Å². The SMILES string of the molecule is O=C(O)CC(S)[Te]C(S)CC(=O)O. The number of hydrogen-bond donors (Lipinski definition) is 4. The monoisotopic (exact) mass is 340 g/mol. The van der Waals surface area contributed by atoms with Crippen LogP contribution < -0.4 is 0 Å². The normalized spacial score (nSPS) is 14.9. The van der Waals surface area contributed by atoms with Crippen LogP contribution in [0.25, 0.3) is 0 Å². The molecule has 0 saturated heterocycles. The molecular formula is C6H10O4S2Te. The zero-order valence-electron chi connectivity index (χ0n) is 6.58. The summed E-state index contributed by atoms with van der Waals surface area (Å²) in [6, 6.07) is 0. The van der Waals surface area contributed by atoms with E-state index in [0.717, 1.165) is 0 Å². The molecule has 0 rings (SSSR count). The molecule has 0 heterocycles. The van der Waals surface area contributed by atoms with Crippen LogP contribution in [0.1, 0.15) is 12.8 Å². The van der Waals surface area contributed by atoms with Gasteiger partial charge in [0.2, 0.25) is 0 Å². The predicted molar refractivity (Wildman–Crippen MR) is 55.8 cm³/mol. The zero-order valence-corrected chi connectivity index (χ0v) is 10.7. The number of thiol groups is 2. The number of carboxylic acid groups (broad SMARTS) is 2. The summed E-state index contributed by atoms with van der Waals surface area (Å²) in [5.74, 6) is -1.80. The molecule has 0 spiro atoms. The maximum atomic E-state index is 10.2. The standard InChI is InChI=1S/C6H10O4S2Te/c7-3(8)1-5(11)13-6(12)2-4(9)10/h5-6,11-12H,1-2H2,(H,7,8)(H,9,10). The van der Waals surface area contributed by atoms with Crippen LogP contribution in [-0.4, -0.2) is 49.7 Å². The molecule has 13 heavy (non-hydrogen) atoms. The Kier molecular flexibility index (Phi) is 7.05. The summed E-state index contributed by atoms with van der Waals surface area (Å²) < 4.78 is -0.408. The van der Waals surface area contributed by atoms with Crippen molar-refractivity contribution in [1.29, 1.82) is 0 Å². The van der Waals surface area contributed by atoms with E-state index in [1.807, 2.05) is 0 Å². The first kappa shape index (κ1) is 13.4. The van der Waals surface area contributed by atoms with Gasteiger partial charge in [0.1, 0.15) is 0 Å². The Morgan fingerprint density at radius 1 is 1.08 bits per heavy atom. The van der Waals surface area contributed by atoms with Gasteiger partial charge in [-0.25, -0.2) is 0 Å². The molecule has 4 nitrogen and oxygen atoms in total. The maximum absolute atomic E-state index is 10.2. The molecule has 0 fully saturated rings. The molecule has 2 N–H and O–H groups in total. The minimum atomic E-state index is -0.902. The van der Waals surface area contributed by atoms with Gasteiger partial charge in [0, 0.05) is 0 Å². The minimum absolute atomic E-state index is 0.0119. The third kappa shape index (κ3) is 8.75. The summed E-state index contributed by atoms with van der Waals surface area (Å²) in [4.78, 5) is 20.5. The van der Waals surface area contributed by atoms with E-state index in [2.05, 4.69) is 25.3 Å². The Morgan fingerprint density at radius 2 is 1.38 bits per heavy atom. The van der Waals surface area contributed by atoms with Gasteiger partial charge < -0.3 is 0 Å². The number of carboxylic acids is 2. The molecule has 2 unspecified atom stereocenters. The summed E-state index contributed by atoms with van der Waals surface area (Å²) in [6.45, 7) is 0. The molecule has 2 atom stereocenters. The number of rotatable bonds is 6. The van der Waals surface area contributed by atoms with Crippen molar-refractivity contribution in [3.8, 4) is 0 Å². The molecule has 0 aliphatic heterocycles. The van der Waals surface area contributed by atoms with Crippen molar-refractivity contribution in [3.05, 3.63) is 0 Å². The molecule has 7 heteroatoms. The second-order valence-electron chi connectivity index (χ2n) is 2.24. The molecule has 0 aromatic heterocycles. The van der Waals surface area contributed by atoms with Crippen LogP contribution >= 0.6 is 25.3 Å². The van der Waals surface area contributed by atoms with E-state index in [9.17, 15) is 9.59 Å². The van der Waals surface area contributed by atoms with Crippen molar-refractivity contribution in [3.63, 3.8) is 0 Å². The second-order valence-corrected chi connectivity index (χ2v) is 9.68. The van der Waals surface area contributed by atoms with E-state index in [0.29, 0.717) is 0 Å². The van der Waals surface area contributed by atoms with Gasteiger partial charge in [0.15, 0.2) is 0 Å². The van der Waals surface area contributed by atoms with Crippen LogP contribution in [0, 0.1) is 0 Å². The van der Waals surface area contributed by atoms with Crippen LogP contribution in [0.4, 0.5) is 0 Å². The molecule has 0 amide bonds. The third-order valence-electron chi connectivity index (χ3n) is 1.01. The molecule has 0 saturated carbocycles. The first-order chi connectivity index (χ1) is 5.91. The van der Waals surface area contributed by atoms with Gasteiger partial charge in [-0.05, 0) is 0 Å². The Morgan fingerprint density at radius 3 is 1.62 bits per heavy atom. The molecular weight excluding hydrogens is 328 g/mol. The molecule has 0 radical (unpaired) electrons. The quantitative estimate of drug-likeness (QED) is 0.411. The Hall–Kier alpha value is 0.430. The number of carbonyl (C=O) groups is 2. The zero-order chi connectivity index (χ0) is 10.4. The average molecular weight is 338 g/mol. The number of aliphatic carboxylic acids is 2. The summed E-state index contributed by atoms with van der Waals surface area (Å²) in [7, 11) is 0. The Bertz CT molecular complexity index is 179. The fourth-order valence-corrected chi connectivity index (χ4v) is 5.90. The van der Waals surface area contributed by atoms with Crippen molar-refractivity contribution >= 4 is 58.1 Å². The van der Waals surface area contributed by atoms with Crippen LogP contribution in [0.5, 0.6) is 0 Å². The first-order valence-corrected chi connectivity index (χ1v) is 7.09. The number of hydrogen-bond acceptors (Lipinski definition) is 4. The van der Waals surface area contributed by atoms with Crippen molar-refractivity contribution in [2.24, 2.45) is 0 Å². The van der Waals surface area contributed by atoms with E-state index in [1.54, 1.807) is 0 Å². The second kappa shape index (κ2) is 6.82. The van der Waals surface area contributed by atoms with E-state index in [-0.39, 0.29) is 19.4 Å². The van der Waals surface area contributed by atoms with Gasteiger partial charge in [-0.2, -0.15) is 0 Å². The van der Waals surface area contributed by atoms with Crippen molar-refractivity contribution in [2.75, 3.05) is 0 Å². The summed E-state index contributed by atoms with van der Waals surface area (Å²) in [5.41, 5.74) is 0. The predicted octanol–water partition coefficient (Wildman–Crippen LogP) is 0.152. The first-order valence-electron chi connectivity index (χ1n) is 3.37. The fraction of sp³-hybridized carbons (Fsp3) is 0.667. The topological polar surface area (TPSA) is 74.6 Å². The van der Waals surface area contributed by atoms with Gasteiger partial charge in [-0.15, -0.1) is 0 Å². The fourth-order valence-electron chi connectivity index (χ4n) is 0.576. The summed E-state index contributed by atoms with van der Waals surface area (Å²) in [5, 5.41) is 16.8. The molecule has 0 aliphatic rings. The van der Waals surface area contributed by atoms with Gasteiger partial charge in [-0.3, -0.25) is 0 Å². The summed E-state index contributed by atoms with van der Waals surface area (Å²) in [6.07, 6.45) is -0.0237. The molecule has 0 aromatic rings. The van der Waals surface area contributed by atoms with Crippen LogP contribution in [0.15, 0.2) is 0 Å². The molecule has 0 bridgehead atoms. The Labute approximate surface area is 97.0 Å². The van der Waals surface area contributed by atoms with Gasteiger partial charge in [0.25, 0.3) is 0 Å².